The standard InChI is InChI=1S/3C5H4N.Co.H2N/c3*1-2-4-6-5-3-1;;/h3*1-4H;;1H2/q3*-1;;-1. The molecule has 0 fully saturated rings. The van der Waals surface area contributed by atoms with Gasteiger partial charge < -0.3 is 21.1 Å². The third-order valence-electron chi connectivity index (χ3n) is 1.55. The summed E-state index contributed by atoms with van der Waals surface area (Å²) in [6.07, 6.45) is 13.0. The van der Waals surface area contributed by atoms with Crippen molar-refractivity contribution in [2.75, 3.05) is 0 Å². The Hall–Kier alpha value is -2.08. The summed E-state index contributed by atoms with van der Waals surface area (Å²) in [6, 6.07) is 16.5. The van der Waals surface area contributed by atoms with Gasteiger partial charge in [-0.25, -0.2) is 0 Å². The van der Waals surface area contributed by atoms with Gasteiger partial charge in [-0.1, -0.05) is 37.2 Å². The maximum Gasteiger partial charge on any atom is 0 e. The summed E-state index contributed by atoms with van der Waals surface area (Å²) in [7, 11) is 0. The first-order valence-corrected chi connectivity index (χ1v) is 5.31. The molecule has 0 amide bonds. The van der Waals surface area contributed by atoms with Crippen LogP contribution in [0.4, 0.5) is 0 Å². The molecule has 107 valence electrons. The van der Waals surface area contributed by atoms with Crippen LogP contribution in [0.2, 0.25) is 0 Å². The average Bonchev–Trinajstić information content (AvgIpc) is 2.54. The van der Waals surface area contributed by atoms with Gasteiger partial charge in [0.15, 0.2) is 0 Å². The van der Waals surface area contributed by atoms with Crippen molar-refractivity contribution in [3.8, 4) is 0 Å². The van der Waals surface area contributed by atoms with Crippen molar-refractivity contribution in [3.05, 3.63) is 97.9 Å². The Bertz CT molecular complexity index is 311. The first-order chi connectivity index (χ1) is 9.00. The Morgan fingerprint density at radius 2 is 0.800 bits per heavy atom. The maximum absolute atomic E-state index is 3.66. The van der Waals surface area contributed by atoms with Crippen LogP contribution in [-0.4, -0.2) is 15.0 Å². The summed E-state index contributed by atoms with van der Waals surface area (Å²) in [4.78, 5) is 11.0. The van der Waals surface area contributed by atoms with E-state index in [0.29, 0.717) is 0 Å². The first kappa shape index (κ1) is 20.2. The van der Waals surface area contributed by atoms with Crippen LogP contribution in [0.1, 0.15) is 0 Å². The van der Waals surface area contributed by atoms with Gasteiger partial charge in [-0.05, 0) is 0 Å². The summed E-state index contributed by atoms with van der Waals surface area (Å²) in [5, 5.41) is 0. The van der Waals surface area contributed by atoms with Crippen molar-refractivity contribution in [2.45, 2.75) is 0 Å². The summed E-state index contributed by atoms with van der Waals surface area (Å²) in [5.74, 6) is 0. The van der Waals surface area contributed by atoms with E-state index in [9.17, 15) is 0 Å². The first-order valence-electron chi connectivity index (χ1n) is 5.31. The van der Waals surface area contributed by atoms with Crippen molar-refractivity contribution >= 4 is 0 Å². The van der Waals surface area contributed by atoms with Gasteiger partial charge in [-0.3, -0.25) is 0 Å². The van der Waals surface area contributed by atoms with E-state index >= 15 is 0 Å². The fourth-order valence-electron chi connectivity index (χ4n) is 0.832. The van der Waals surface area contributed by atoms with Crippen LogP contribution in [-0.2, 0) is 16.8 Å². The molecule has 3 aromatic rings. The topological polar surface area (TPSA) is 72.2 Å². The molecule has 4 nitrogen and oxygen atoms in total. The van der Waals surface area contributed by atoms with Crippen molar-refractivity contribution in [1.29, 1.82) is 0 Å². The van der Waals surface area contributed by atoms with Crippen LogP contribution in [0.15, 0.2) is 73.2 Å². The van der Waals surface area contributed by atoms with Crippen molar-refractivity contribution in [1.82, 2.24) is 15.0 Å². The number of nitrogens with zero attached hydrogens (tertiary/aromatic N) is 3. The largest absolute Gasteiger partial charge is 0.693 e. The minimum atomic E-state index is 0. The van der Waals surface area contributed by atoms with Gasteiger partial charge in [0.05, 0.1) is 0 Å². The van der Waals surface area contributed by atoms with Crippen LogP contribution in [0.25, 0.3) is 6.15 Å². The van der Waals surface area contributed by atoms with Crippen molar-refractivity contribution < 1.29 is 16.8 Å². The van der Waals surface area contributed by atoms with Crippen LogP contribution < -0.4 is 0 Å². The summed E-state index contributed by atoms with van der Waals surface area (Å²) in [6.45, 7) is 0. The second-order valence-corrected chi connectivity index (χ2v) is 2.88. The minimum Gasteiger partial charge on any atom is -0.693 e. The molecule has 0 unspecified atom stereocenters. The zero-order valence-electron chi connectivity index (χ0n) is 10.7. The van der Waals surface area contributed by atoms with Gasteiger partial charge in [-0.15, -0.1) is 0 Å². The summed E-state index contributed by atoms with van der Waals surface area (Å²) >= 11 is 0. The summed E-state index contributed by atoms with van der Waals surface area (Å²) in [5.41, 5.74) is 0. The number of aromatic nitrogens is 3. The zero-order valence-corrected chi connectivity index (χ0v) is 11.7. The van der Waals surface area contributed by atoms with E-state index in [1.807, 2.05) is 36.4 Å². The molecular weight excluding hydrogens is 295 g/mol. The van der Waals surface area contributed by atoms with Gasteiger partial charge in [-0.2, -0.15) is 54.6 Å². The fraction of sp³-hybridized carbons (Fsp3) is 0. The quantitative estimate of drug-likeness (QED) is 0.598. The molecule has 3 aromatic heterocycles. The van der Waals surface area contributed by atoms with Crippen LogP contribution in [0.3, 0.4) is 0 Å². The molecule has 2 N–H and O–H groups in total. The molecule has 3 heterocycles. The van der Waals surface area contributed by atoms with Gasteiger partial charge in [0, 0.05) is 16.8 Å². The van der Waals surface area contributed by atoms with Gasteiger partial charge >= 0.3 is 0 Å². The monoisotopic (exact) mass is 309 g/mol. The number of pyridine rings is 3. The molecule has 0 bridgehead atoms. The summed E-state index contributed by atoms with van der Waals surface area (Å²) < 4.78 is 0. The number of hydrogen-bond acceptors (Lipinski definition) is 3. The number of hydrogen-bond donors (Lipinski definition) is 0. The Labute approximate surface area is 130 Å². The van der Waals surface area contributed by atoms with E-state index in [4.69, 9.17) is 0 Å². The predicted octanol–water partition coefficient (Wildman–Crippen LogP) is 3.36. The molecule has 1 radical (unpaired) electrons. The molecule has 3 rings (SSSR count). The Kier molecular flexibility index (Phi) is 17.1. The van der Waals surface area contributed by atoms with E-state index < -0.39 is 0 Å². The van der Waals surface area contributed by atoms with Crippen molar-refractivity contribution in [3.63, 3.8) is 0 Å². The Morgan fingerprint density at radius 3 is 0.850 bits per heavy atom. The van der Waals surface area contributed by atoms with E-state index in [-0.39, 0.29) is 22.9 Å². The average molecular weight is 309 g/mol. The fourth-order valence-corrected chi connectivity index (χ4v) is 0.832. The van der Waals surface area contributed by atoms with Gasteiger partial charge in [0.1, 0.15) is 0 Å². The maximum atomic E-state index is 3.66. The molecule has 20 heavy (non-hydrogen) atoms. The third kappa shape index (κ3) is 14.0. The molecular formula is C15H14CoN4-4. The normalized spacial score (nSPS) is 7.20. The molecule has 0 spiro atoms. The molecule has 0 aliphatic carbocycles. The van der Waals surface area contributed by atoms with Gasteiger partial charge in [0.25, 0.3) is 0 Å². The Morgan fingerprint density at radius 1 is 0.500 bits per heavy atom. The SMILES string of the molecule is [Co].[NH2-].[c-]1ccccn1.[c-]1ccccn1.[c-]1ccccn1. The molecule has 0 saturated heterocycles. The molecule has 0 atom stereocenters. The Balaban J connectivity index is 0. The van der Waals surface area contributed by atoms with Crippen molar-refractivity contribution in [2.24, 2.45) is 0 Å². The molecule has 0 aliphatic heterocycles. The second kappa shape index (κ2) is 16.9. The molecule has 0 aliphatic rings. The van der Waals surface area contributed by atoms with Gasteiger partial charge in [0.2, 0.25) is 0 Å². The van der Waals surface area contributed by atoms with E-state index in [2.05, 4.69) is 33.5 Å². The third-order valence-corrected chi connectivity index (χ3v) is 1.55. The van der Waals surface area contributed by atoms with Crippen LogP contribution >= 0.6 is 0 Å². The molecule has 0 saturated carbocycles. The second-order valence-electron chi connectivity index (χ2n) is 2.88. The molecule has 5 heteroatoms. The smallest absolute Gasteiger partial charge is 0 e. The van der Waals surface area contributed by atoms with E-state index in [1.54, 1.807) is 36.8 Å². The van der Waals surface area contributed by atoms with Crippen LogP contribution in [0, 0.1) is 18.6 Å². The van der Waals surface area contributed by atoms with Crippen LogP contribution in [0.5, 0.6) is 0 Å². The molecule has 0 aromatic carbocycles. The number of rotatable bonds is 0. The number of nitrogens with two attached hydrogens (primary N) is 1. The van der Waals surface area contributed by atoms with E-state index in [0.717, 1.165) is 0 Å². The zero-order chi connectivity index (χ0) is 12.7. The minimum absolute atomic E-state index is 0. The predicted molar refractivity (Wildman–Crippen MR) is 74.5 cm³/mol. The van der Waals surface area contributed by atoms with E-state index in [1.165, 1.54) is 0 Å².